The minimum absolute atomic E-state index is 0.00802. The van der Waals surface area contributed by atoms with Crippen LogP contribution >= 0.6 is 22.9 Å². The Morgan fingerprint density at radius 1 is 1.14 bits per heavy atom. The number of ether oxygens (including phenoxy) is 1. The Hall–Kier alpha value is -2.70. The zero-order valence-electron chi connectivity index (χ0n) is 16.1. The van der Waals surface area contributed by atoms with Crippen molar-refractivity contribution in [3.63, 3.8) is 0 Å². The van der Waals surface area contributed by atoms with Crippen LogP contribution in [-0.4, -0.2) is 18.5 Å². The summed E-state index contributed by atoms with van der Waals surface area (Å²) in [7, 11) is 0. The second kappa shape index (κ2) is 8.76. The van der Waals surface area contributed by atoms with Crippen LogP contribution in [0.4, 0.5) is 9.39 Å². The molecule has 0 radical (unpaired) electrons. The summed E-state index contributed by atoms with van der Waals surface area (Å²) in [4.78, 5) is 25.3. The molecular formula is C22H19ClFNO3S. The van der Waals surface area contributed by atoms with Crippen molar-refractivity contribution in [3.8, 4) is 11.1 Å². The minimum Gasteiger partial charge on any atom is -0.462 e. The van der Waals surface area contributed by atoms with Crippen molar-refractivity contribution in [2.24, 2.45) is 0 Å². The van der Waals surface area contributed by atoms with Gasteiger partial charge in [0.05, 0.1) is 17.2 Å². The van der Waals surface area contributed by atoms with Gasteiger partial charge in [0.25, 0.3) is 5.91 Å². The van der Waals surface area contributed by atoms with Gasteiger partial charge in [-0.1, -0.05) is 41.4 Å². The summed E-state index contributed by atoms with van der Waals surface area (Å²) in [6, 6.07) is 9.90. The van der Waals surface area contributed by atoms with Gasteiger partial charge in [-0.05, 0) is 44.0 Å². The number of rotatable bonds is 5. The van der Waals surface area contributed by atoms with Gasteiger partial charge in [0, 0.05) is 10.9 Å². The summed E-state index contributed by atoms with van der Waals surface area (Å²) in [5, 5.41) is 4.68. The number of hydrogen-bond donors (Lipinski definition) is 1. The number of amides is 1. The van der Waals surface area contributed by atoms with E-state index < -0.39 is 17.7 Å². The highest BCUT2D eigenvalue weighted by atomic mass is 35.5. The number of nitrogens with one attached hydrogen (secondary N) is 1. The monoisotopic (exact) mass is 431 g/mol. The fraction of sp³-hybridized carbons (Fsp3) is 0.182. The SMILES string of the molecule is CCOC(=O)c1c(-c2ccc(C)cc2C)csc1NC(=O)c1c(F)cccc1Cl. The zero-order valence-corrected chi connectivity index (χ0v) is 17.7. The van der Waals surface area contributed by atoms with Crippen molar-refractivity contribution >= 4 is 39.8 Å². The quantitative estimate of drug-likeness (QED) is 0.485. The van der Waals surface area contributed by atoms with Crippen LogP contribution in [0.2, 0.25) is 5.02 Å². The smallest absolute Gasteiger partial charge is 0.341 e. The van der Waals surface area contributed by atoms with Gasteiger partial charge in [-0.25, -0.2) is 9.18 Å². The average Bonchev–Trinajstić information content (AvgIpc) is 3.05. The molecule has 0 bridgehead atoms. The van der Waals surface area contributed by atoms with Crippen LogP contribution in [0.25, 0.3) is 11.1 Å². The number of halogens is 2. The fourth-order valence-electron chi connectivity index (χ4n) is 3.05. The molecule has 1 N–H and O–H groups in total. The molecule has 0 unspecified atom stereocenters. The number of carbonyl (C=O) groups is 2. The van der Waals surface area contributed by atoms with E-state index in [0.29, 0.717) is 5.56 Å². The summed E-state index contributed by atoms with van der Waals surface area (Å²) < 4.78 is 19.3. The molecule has 29 heavy (non-hydrogen) atoms. The molecule has 0 saturated carbocycles. The van der Waals surface area contributed by atoms with Gasteiger partial charge in [-0.3, -0.25) is 4.79 Å². The van der Waals surface area contributed by atoms with Crippen LogP contribution < -0.4 is 5.32 Å². The largest absolute Gasteiger partial charge is 0.462 e. The highest BCUT2D eigenvalue weighted by Crippen LogP contribution is 2.38. The maximum Gasteiger partial charge on any atom is 0.341 e. The van der Waals surface area contributed by atoms with E-state index in [1.807, 2.05) is 32.0 Å². The third kappa shape index (κ3) is 4.33. The Morgan fingerprint density at radius 3 is 2.55 bits per heavy atom. The normalized spacial score (nSPS) is 10.7. The lowest BCUT2D eigenvalue weighted by atomic mass is 9.97. The van der Waals surface area contributed by atoms with Gasteiger partial charge < -0.3 is 10.1 Å². The number of aryl methyl sites for hydroxylation is 2. The molecule has 0 aliphatic heterocycles. The van der Waals surface area contributed by atoms with Crippen LogP contribution in [0.1, 0.15) is 38.8 Å². The van der Waals surface area contributed by atoms with Crippen LogP contribution in [0, 0.1) is 19.7 Å². The van der Waals surface area contributed by atoms with E-state index in [4.69, 9.17) is 16.3 Å². The molecule has 7 heteroatoms. The fourth-order valence-corrected chi connectivity index (χ4v) is 4.24. The lowest BCUT2D eigenvalue weighted by Gasteiger charge is -2.11. The zero-order chi connectivity index (χ0) is 21.1. The minimum atomic E-state index is -0.737. The average molecular weight is 432 g/mol. The third-order valence-electron chi connectivity index (χ3n) is 4.36. The highest BCUT2D eigenvalue weighted by molar-refractivity contribution is 7.15. The summed E-state index contributed by atoms with van der Waals surface area (Å²) >= 11 is 7.16. The van der Waals surface area contributed by atoms with E-state index in [9.17, 15) is 14.0 Å². The molecule has 0 aliphatic rings. The standard InChI is InChI=1S/C22H19ClFNO3S/c1-4-28-22(27)18-15(14-9-8-12(2)10-13(14)3)11-29-21(18)25-20(26)19-16(23)6-5-7-17(19)24/h5-11H,4H2,1-3H3,(H,25,26). The molecule has 0 aliphatic carbocycles. The second-order valence-electron chi connectivity index (χ2n) is 6.44. The highest BCUT2D eigenvalue weighted by Gasteiger charge is 2.25. The number of benzene rings is 2. The summed E-state index contributed by atoms with van der Waals surface area (Å²) in [5.74, 6) is -2.02. The van der Waals surface area contributed by atoms with Gasteiger partial charge in [-0.2, -0.15) is 0 Å². The first kappa shape index (κ1) is 21.0. The van der Waals surface area contributed by atoms with Crippen molar-refractivity contribution in [1.29, 1.82) is 0 Å². The van der Waals surface area contributed by atoms with Gasteiger partial charge in [0.1, 0.15) is 16.4 Å². The first-order valence-corrected chi connectivity index (χ1v) is 10.2. The Kier molecular flexibility index (Phi) is 6.35. The Balaban J connectivity index is 2.06. The van der Waals surface area contributed by atoms with Crippen molar-refractivity contribution in [1.82, 2.24) is 0 Å². The molecule has 1 heterocycles. The van der Waals surface area contributed by atoms with E-state index in [2.05, 4.69) is 5.32 Å². The molecule has 2 aromatic carbocycles. The molecule has 0 saturated heterocycles. The Labute approximate surface area is 177 Å². The second-order valence-corrected chi connectivity index (χ2v) is 7.73. The summed E-state index contributed by atoms with van der Waals surface area (Å²) in [6.45, 7) is 5.83. The van der Waals surface area contributed by atoms with E-state index in [1.165, 1.54) is 23.5 Å². The van der Waals surface area contributed by atoms with Gasteiger partial charge >= 0.3 is 5.97 Å². The molecule has 4 nitrogen and oxygen atoms in total. The van der Waals surface area contributed by atoms with Gasteiger partial charge in [0.2, 0.25) is 0 Å². The molecular weight excluding hydrogens is 413 g/mol. The lowest BCUT2D eigenvalue weighted by Crippen LogP contribution is -2.16. The molecule has 3 aromatic rings. The third-order valence-corrected chi connectivity index (χ3v) is 5.57. The number of hydrogen-bond acceptors (Lipinski definition) is 4. The Morgan fingerprint density at radius 2 is 1.90 bits per heavy atom. The van der Waals surface area contributed by atoms with Crippen LogP contribution in [0.15, 0.2) is 41.8 Å². The summed E-state index contributed by atoms with van der Waals surface area (Å²) in [6.07, 6.45) is 0. The molecule has 0 atom stereocenters. The van der Waals surface area contributed by atoms with E-state index in [-0.39, 0.29) is 27.8 Å². The number of anilines is 1. The van der Waals surface area contributed by atoms with Gasteiger partial charge in [-0.15, -0.1) is 11.3 Å². The van der Waals surface area contributed by atoms with E-state index >= 15 is 0 Å². The first-order valence-electron chi connectivity index (χ1n) is 8.95. The predicted octanol–water partition coefficient (Wildman–Crippen LogP) is 6.25. The predicted molar refractivity (Wildman–Crippen MR) is 115 cm³/mol. The lowest BCUT2D eigenvalue weighted by molar-refractivity contribution is 0.0529. The first-order chi connectivity index (χ1) is 13.8. The topological polar surface area (TPSA) is 55.4 Å². The van der Waals surface area contributed by atoms with Crippen LogP contribution in [0.3, 0.4) is 0 Å². The van der Waals surface area contributed by atoms with Crippen molar-refractivity contribution in [2.75, 3.05) is 11.9 Å². The molecule has 150 valence electrons. The van der Waals surface area contributed by atoms with Crippen molar-refractivity contribution < 1.29 is 18.7 Å². The number of carbonyl (C=O) groups excluding carboxylic acids is 2. The van der Waals surface area contributed by atoms with Crippen LogP contribution in [0.5, 0.6) is 0 Å². The molecule has 0 fully saturated rings. The van der Waals surface area contributed by atoms with Crippen molar-refractivity contribution in [3.05, 3.63) is 74.9 Å². The summed E-state index contributed by atoms with van der Waals surface area (Å²) in [5.41, 5.74) is 3.57. The maximum atomic E-state index is 14.1. The van der Waals surface area contributed by atoms with Gasteiger partial charge in [0.15, 0.2) is 0 Å². The molecule has 0 spiro atoms. The van der Waals surface area contributed by atoms with Crippen molar-refractivity contribution in [2.45, 2.75) is 20.8 Å². The molecule has 1 aromatic heterocycles. The van der Waals surface area contributed by atoms with Crippen LogP contribution in [-0.2, 0) is 4.74 Å². The Bertz CT molecular complexity index is 1070. The maximum absolute atomic E-state index is 14.1. The van der Waals surface area contributed by atoms with E-state index in [1.54, 1.807) is 12.3 Å². The van der Waals surface area contributed by atoms with E-state index in [0.717, 1.165) is 22.8 Å². The number of thiophene rings is 1. The molecule has 1 amide bonds. The molecule has 3 rings (SSSR count). The number of esters is 1.